The Balaban J connectivity index is 1.53. The van der Waals surface area contributed by atoms with E-state index in [1.807, 2.05) is 0 Å². The maximum absolute atomic E-state index is 11.2. The lowest BCUT2D eigenvalue weighted by Gasteiger charge is -2.19. The number of aromatic nitrogens is 3. The molecule has 1 amide bonds. The number of carbonyl (C=O) groups is 1. The third-order valence-corrected chi connectivity index (χ3v) is 5.04. The molecule has 3 aromatic rings. The summed E-state index contributed by atoms with van der Waals surface area (Å²) in [5, 5.41) is 10.5. The van der Waals surface area contributed by atoms with Crippen LogP contribution in [0.2, 0.25) is 0 Å². The molecule has 0 bridgehead atoms. The molecular formula is C19H21N5O. The highest BCUT2D eigenvalue weighted by molar-refractivity contribution is 5.90. The third kappa shape index (κ3) is 3.00. The highest BCUT2D eigenvalue weighted by Crippen LogP contribution is 2.27. The Morgan fingerprint density at radius 1 is 1.28 bits per heavy atom. The first-order valence-electron chi connectivity index (χ1n) is 8.53. The fraction of sp³-hybridized carbons (Fsp3) is 0.316. The fourth-order valence-electron chi connectivity index (χ4n) is 3.62. The standard InChI is InChI=1S/C19H21N5O/c1-13-6-7-14-4-2-3-5-16(14)17(13)11-23-9-8-15(10-23)24-12-18(19(20)25)21-22-24/h2-7,12,15H,8-11H2,1H3,(H2,20,25). The van der Waals surface area contributed by atoms with Gasteiger partial charge in [-0.2, -0.15) is 0 Å². The largest absolute Gasteiger partial charge is 0.364 e. The van der Waals surface area contributed by atoms with Crippen molar-refractivity contribution >= 4 is 16.7 Å². The molecular weight excluding hydrogens is 314 g/mol. The van der Waals surface area contributed by atoms with Crippen molar-refractivity contribution in [1.82, 2.24) is 19.9 Å². The number of amides is 1. The monoisotopic (exact) mass is 335 g/mol. The quantitative estimate of drug-likeness (QED) is 0.793. The molecule has 4 rings (SSSR count). The molecule has 0 saturated carbocycles. The van der Waals surface area contributed by atoms with E-state index in [4.69, 9.17) is 5.73 Å². The smallest absolute Gasteiger partial charge is 0.270 e. The number of carbonyl (C=O) groups excluding carboxylic acids is 1. The van der Waals surface area contributed by atoms with Gasteiger partial charge in [-0.05, 0) is 35.2 Å². The van der Waals surface area contributed by atoms with E-state index in [1.165, 1.54) is 21.9 Å². The number of nitrogens with two attached hydrogens (primary N) is 1. The van der Waals surface area contributed by atoms with Crippen molar-refractivity contribution in [2.75, 3.05) is 13.1 Å². The van der Waals surface area contributed by atoms with E-state index in [-0.39, 0.29) is 11.7 Å². The molecule has 1 fully saturated rings. The number of rotatable bonds is 4. The molecule has 0 aliphatic carbocycles. The summed E-state index contributed by atoms with van der Waals surface area (Å²) in [7, 11) is 0. The van der Waals surface area contributed by atoms with Gasteiger partial charge in [-0.3, -0.25) is 9.69 Å². The number of benzene rings is 2. The highest BCUT2D eigenvalue weighted by atomic mass is 16.1. The summed E-state index contributed by atoms with van der Waals surface area (Å²) < 4.78 is 1.77. The molecule has 2 N–H and O–H groups in total. The van der Waals surface area contributed by atoms with Crippen LogP contribution in [0.3, 0.4) is 0 Å². The Hall–Kier alpha value is -2.73. The predicted octanol–water partition coefficient (Wildman–Crippen LogP) is 2.29. The van der Waals surface area contributed by atoms with Crippen LogP contribution in [-0.4, -0.2) is 38.9 Å². The van der Waals surface area contributed by atoms with Crippen molar-refractivity contribution in [1.29, 1.82) is 0 Å². The lowest BCUT2D eigenvalue weighted by atomic mass is 9.99. The van der Waals surface area contributed by atoms with Crippen molar-refractivity contribution in [2.45, 2.75) is 25.9 Å². The molecule has 1 atom stereocenters. The summed E-state index contributed by atoms with van der Waals surface area (Å²) in [5.74, 6) is -0.535. The zero-order valence-corrected chi connectivity index (χ0v) is 14.2. The van der Waals surface area contributed by atoms with Crippen LogP contribution < -0.4 is 5.73 Å². The van der Waals surface area contributed by atoms with E-state index in [0.29, 0.717) is 0 Å². The minimum absolute atomic E-state index is 0.225. The van der Waals surface area contributed by atoms with Gasteiger partial charge in [-0.15, -0.1) is 5.10 Å². The van der Waals surface area contributed by atoms with Crippen LogP contribution in [0.25, 0.3) is 10.8 Å². The van der Waals surface area contributed by atoms with Gasteiger partial charge in [0.15, 0.2) is 5.69 Å². The topological polar surface area (TPSA) is 77.0 Å². The molecule has 2 aromatic carbocycles. The van der Waals surface area contributed by atoms with E-state index in [1.54, 1.807) is 10.9 Å². The molecule has 6 heteroatoms. The Bertz CT molecular complexity index is 932. The molecule has 1 unspecified atom stereocenters. The minimum atomic E-state index is -0.535. The summed E-state index contributed by atoms with van der Waals surface area (Å²) in [6.07, 6.45) is 2.64. The van der Waals surface area contributed by atoms with Crippen LogP contribution >= 0.6 is 0 Å². The summed E-state index contributed by atoms with van der Waals surface area (Å²) in [6, 6.07) is 13.1. The van der Waals surface area contributed by atoms with E-state index in [9.17, 15) is 4.79 Å². The number of fused-ring (bicyclic) bond motifs is 1. The van der Waals surface area contributed by atoms with Crippen LogP contribution in [0, 0.1) is 6.92 Å². The van der Waals surface area contributed by atoms with Crippen LogP contribution in [0.15, 0.2) is 42.6 Å². The summed E-state index contributed by atoms with van der Waals surface area (Å²) >= 11 is 0. The fourth-order valence-corrected chi connectivity index (χ4v) is 3.62. The number of hydrogen-bond acceptors (Lipinski definition) is 4. The van der Waals surface area contributed by atoms with Crippen LogP contribution in [-0.2, 0) is 6.54 Å². The number of aryl methyl sites for hydroxylation is 1. The average Bonchev–Trinajstić information content (AvgIpc) is 3.26. The zero-order chi connectivity index (χ0) is 17.4. The Morgan fingerprint density at radius 3 is 2.92 bits per heavy atom. The van der Waals surface area contributed by atoms with Crippen molar-refractivity contribution in [3.05, 3.63) is 59.4 Å². The molecule has 25 heavy (non-hydrogen) atoms. The molecule has 128 valence electrons. The second-order valence-electron chi connectivity index (χ2n) is 6.71. The van der Waals surface area contributed by atoms with Gasteiger partial charge in [0.05, 0.1) is 12.2 Å². The second-order valence-corrected chi connectivity index (χ2v) is 6.71. The summed E-state index contributed by atoms with van der Waals surface area (Å²) in [4.78, 5) is 13.6. The zero-order valence-electron chi connectivity index (χ0n) is 14.2. The van der Waals surface area contributed by atoms with Crippen molar-refractivity contribution in [2.24, 2.45) is 5.73 Å². The van der Waals surface area contributed by atoms with Gasteiger partial charge in [0, 0.05) is 19.6 Å². The normalized spacial score (nSPS) is 18.0. The minimum Gasteiger partial charge on any atom is -0.364 e. The molecule has 0 radical (unpaired) electrons. The van der Waals surface area contributed by atoms with Gasteiger partial charge >= 0.3 is 0 Å². The van der Waals surface area contributed by atoms with E-state index >= 15 is 0 Å². The average molecular weight is 335 g/mol. The maximum atomic E-state index is 11.2. The van der Waals surface area contributed by atoms with Crippen LogP contribution in [0.1, 0.15) is 34.1 Å². The van der Waals surface area contributed by atoms with Gasteiger partial charge in [-0.1, -0.05) is 41.6 Å². The van der Waals surface area contributed by atoms with Crippen molar-refractivity contribution in [3.8, 4) is 0 Å². The Morgan fingerprint density at radius 2 is 2.12 bits per heavy atom. The van der Waals surface area contributed by atoms with E-state index < -0.39 is 5.91 Å². The maximum Gasteiger partial charge on any atom is 0.270 e. The predicted molar refractivity (Wildman–Crippen MR) is 96.2 cm³/mol. The molecule has 2 heterocycles. The SMILES string of the molecule is Cc1ccc2ccccc2c1CN1CCC(n2cc(C(N)=O)nn2)C1. The molecule has 0 spiro atoms. The first-order chi connectivity index (χ1) is 12.1. The highest BCUT2D eigenvalue weighted by Gasteiger charge is 2.26. The first kappa shape index (κ1) is 15.8. The van der Waals surface area contributed by atoms with Gasteiger partial charge in [0.25, 0.3) is 5.91 Å². The van der Waals surface area contributed by atoms with Gasteiger partial charge < -0.3 is 5.73 Å². The van der Waals surface area contributed by atoms with Gasteiger partial charge in [0.1, 0.15) is 0 Å². The molecule has 1 aliphatic rings. The molecule has 1 saturated heterocycles. The third-order valence-electron chi connectivity index (χ3n) is 5.04. The Kier molecular flexibility index (Phi) is 3.97. The second kappa shape index (κ2) is 6.29. The molecule has 1 aromatic heterocycles. The number of primary amides is 1. The lowest BCUT2D eigenvalue weighted by Crippen LogP contribution is -2.22. The Labute approximate surface area is 146 Å². The van der Waals surface area contributed by atoms with Crippen LogP contribution in [0.5, 0.6) is 0 Å². The van der Waals surface area contributed by atoms with E-state index in [0.717, 1.165) is 26.1 Å². The van der Waals surface area contributed by atoms with Crippen LogP contribution in [0.4, 0.5) is 0 Å². The molecule has 6 nitrogen and oxygen atoms in total. The van der Waals surface area contributed by atoms with Crippen molar-refractivity contribution < 1.29 is 4.79 Å². The number of likely N-dealkylation sites (tertiary alicyclic amines) is 1. The summed E-state index contributed by atoms with van der Waals surface area (Å²) in [5.41, 5.74) is 8.19. The van der Waals surface area contributed by atoms with Crippen molar-refractivity contribution in [3.63, 3.8) is 0 Å². The van der Waals surface area contributed by atoms with E-state index in [2.05, 4.69) is 58.5 Å². The molecule has 1 aliphatic heterocycles. The number of nitrogens with zero attached hydrogens (tertiary/aromatic N) is 4. The summed E-state index contributed by atoms with van der Waals surface area (Å²) in [6.45, 7) is 4.98. The van der Waals surface area contributed by atoms with Gasteiger partial charge in [0.2, 0.25) is 0 Å². The number of hydrogen-bond donors (Lipinski definition) is 1. The lowest BCUT2D eigenvalue weighted by molar-refractivity contribution is 0.0995. The first-order valence-corrected chi connectivity index (χ1v) is 8.53. The van der Waals surface area contributed by atoms with Gasteiger partial charge in [-0.25, -0.2) is 4.68 Å².